The summed E-state index contributed by atoms with van der Waals surface area (Å²) in [5.41, 5.74) is 0.588. The van der Waals surface area contributed by atoms with E-state index < -0.39 is 0 Å². The molecule has 0 bridgehead atoms. The molecular weight excluding hydrogens is 290 g/mol. The van der Waals surface area contributed by atoms with Crippen molar-refractivity contribution in [1.29, 1.82) is 0 Å². The lowest BCUT2D eigenvalue weighted by molar-refractivity contribution is 0.0689. The summed E-state index contributed by atoms with van der Waals surface area (Å²) in [7, 11) is 3.61. The van der Waals surface area contributed by atoms with Gasteiger partial charge in [0.2, 0.25) is 0 Å². The molecule has 1 heterocycles. The van der Waals surface area contributed by atoms with Crippen molar-refractivity contribution in [2.75, 3.05) is 53.6 Å². The zero-order valence-corrected chi connectivity index (χ0v) is 15.1. The molecule has 0 aromatic carbocycles. The highest BCUT2D eigenvalue weighted by Crippen LogP contribution is 2.43. The molecule has 1 aliphatic carbocycles. The molecule has 5 nitrogen and oxygen atoms in total. The average Bonchev–Trinajstić information content (AvgIpc) is 2.97. The van der Waals surface area contributed by atoms with Crippen molar-refractivity contribution in [1.82, 2.24) is 10.2 Å². The maximum absolute atomic E-state index is 5.49. The summed E-state index contributed by atoms with van der Waals surface area (Å²) in [5, 5.41) is 3.53. The van der Waals surface area contributed by atoms with Crippen LogP contribution in [-0.4, -0.2) is 64.5 Å². The van der Waals surface area contributed by atoms with E-state index in [9.17, 15) is 0 Å². The Kier molecular flexibility index (Phi) is 8.17. The van der Waals surface area contributed by atoms with Crippen LogP contribution < -0.4 is 5.32 Å². The maximum atomic E-state index is 5.49. The SMILES string of the molecule is CN=C(NCCCCOCCOC)N1CCC2(CCCCC2)C1. The molecule has 0 radical (unpaired) electrons. The number of nitrogens with one attached hydrogen (secondary N) is 1. The number of likely N-dealkylation sites (tertiary alicyclic amines) is 1. The van der Waals surface area contributed by atoms with E-state index in [0.29, 0.717) is 18.6 Å². The number of nitrogens with zero attached hydrogens (tertiary/aromatic N) is 2. The summed E-state index contributed by atoms with van der Waals surface area (Å²) < 4.78 is 10.5. The third-order valence-electron chi connectivity index (χ3n) is 5.29. The van der Waals surface area contributed by atoms with Gasteiger partial charge in [0, 0.05) is 40.4 Å². The lowest BCUT2D eigenvalue weighted by atomic mass is 9.73. The van der Waals surface area contributed by atoms with Crippen molar-refractivity contribution < 1.29 is 9.47 Å². The number of methoxy groups -OCH3 is 1. The summed E-state index contributed by atoms with van der Waals surface area (Å²) in [6.07, 6.45) is 10.6. The normalized spacial score (nSPS) is 21.1. The molecule has 0 unspecified atom stereocenters. The van der Waals surface area contributed by atoms with Gasteiger partial charge in [-0.1, -0.05) is 19.3 Å². The lowest BCUT2D eigenvalue weighted by Gasteiger charge is -2.33. The van der Waals surface area contributed by atoms with Crippen LogP contribution in [0, 0.1) is 5.41 Å². The van der Waals surface area contributed by atoms with E-state index in [4.69, 9.17) is 9.47 Å². The van der Waals surface area contributed by atoms with Gasteiger partial charge < -0.3 is 19.7 Å². The summed E-state index contributed by atoms with van der Waals surface area (Å²) >= 11 is 0. The van der Waals surface area contributed by atoms with Gasteiger partial charge >= 0.3 is 0 Å². The molecule has 23 heavy (non-hydrogen) atoms. The predicted octanol–water partition coefficient (Wildman–Crippen LogP) is 2.66. The van der Waals surface area contributed by atoms with Crippen LogP contribution in [0.15, 0.2) is 4.99 Å². The zero-order chi connectivity index (χ0) is 16.4. The molecular formula is C18H35N3O2. The van der Waals surface area contributed by atoms with Gasteiger partial charge in [-0.25, -0.2) is 0 Å². The fourth-order valence-electron chi connectivity index (χ4n) is 3.93. The van der Waals surface area contributed by atoms with Gasteiger partial charge in [-0.05, 0) is 37.5 Å². The second-order valence-corrected chi connectivity index (χ2v) is 7.02. The van der Waals surface area contributed by atoms with Gasteiger partial charge in [-0.2, -0.15) is 0 Å². The Hall–Kier alpha value is -0.810. The van der Waals surface area contributed by atoms with Crippen LogP contribution in [0.3, 0.4) is 0 Å². The molecule has 134 valence electrons. The molecule has 2 rings (SSSR count). The minimum absolute atomic E-state index is 0.588. The van der Waals surface area contributed by atoms with Crippen LogP contribution in [0.25, 0.3) is 0 Å². The first-order chi connectivity index (χ1) is 11.3. The molecule has 2 aliphatic rings. The molecule has 0 amide bonds. The highest BCUT2D eigenvalue weighted by Gasteiger charge is 2.39. The Bertz CT molecular complexity index is 354. The standard InChI is InChI=1S/C18H35N3O2/c1-19-17(20-11-6-7-13-23-15-14-22-2)21-12-10-18(16-21)8-4-3-5-9-18/h3-16H2,1-2H3,(H,19,20). The van der Waals surface area contributed by atoms with Gasteiger partial charge in [0.05, 0.1) is 13.2 Å². The molecule has 1 saturated carbocycles. The topological polar surface area (TPSA) is 46.1 Å². The summed E-state index contributed by atoms with van der Waals surface area (Å²) in [6.45, 7) is 5.54. The van der Waals surface area contributed by atoms with Gasteiger partial charge in [0.1, 0.15) is 0 Å². The van der Waals surface area contributed by atoms with Crippen LogP contribution >= 0.6 is 0 Å². The number of aliphatic imine (C=N–C) groups is 1. The molecule has 0 aromatic rings. The monoisotopic (exact) mass is 325 g/mol. The molecule has 1 N–H and O–H groups in total. The molecule has 2 fully saturated rings. The van der Waals surface area contributed by atoms with Crippen LogP contribution in [0.5, 0.6) is 0 Å². The van der Waals surface area contributed by atoms with E-state index in [2.05, 4.69) is 15.2 Å². The Morgan fingerprint density at radius 3 is 2.65 bits per heavy atom. The van der Waals surface area contributed by atoms with Crippen molar-refractivity contribution in [3.05, 3.63) is 0 Å². The minimum atomic E-state index is 0.588. The first-order valence-electron chi connectivity index (χ1n) is 9.32. The Morgan fingerprint density at radius 2 is 1.91 bits per heavy atom. The first kappa shape index (κ1) is 18.5. The van der Waals surface area contributed by atoms with E-state index in [-0.39, 0.29) is 0 Å². The zero-order valence-electron chi connectivity index (χ0n) is 15.1. The summed E-state index contributed by atoms with van der Waals surface area (Å²) in [6, 6.07) is 0. The number of unbranched alkanes of at least 4 members (excludes halogenated alkanes) is 1. The number of hydrogen-bond donors (Lipinski definition) is 1. The van der Waals surface area contributed by atoms with Gasteiger partial charge in [0.25, 0.3) is 0 Å². The quantitative estimate of drug-likeness (QED) is 0.423. The van der Waals surface area contributed by atoms with Crippen LogP contribution in [0.1, 0.15) is 51.4 Å². The minimum Gasteiger partial charge on any atom is -0.382 e. The predicted molar refractivity (Wildman–Crippen MR) is 95.0 cm³/mol. The Labute approximate surface area is 141 Å². The third-order valence-corrected chi connectivity index (χ3v) is 5.29. The number of ether oxygens (including phenoxy) is 2. The van der Waals surface area contributed by atoms with E-state index in [1.54, 1.807) is 7.11 Å². The van der Waals surface area contributed by atoms with Crippen LogP contribution in [-0.2, 0) is 9.47 Å². The molecule has 1 spiro atoms. The van der Waals surface area contributed by atoms with Crippen molar-refractivity contribution >= 4 is 5.96 Å². The van der Waals surface area contributed by atoms with Crippen LogP contribution in [0.2, 0.25) is 0 Å². The van der Waals surface area contributed by atoms with Crippen molar-refractivity contribution in [2.24, 2.45) is 10.4 Å². The van der Waals surface area contributed by atoms with E-state index >= 15 is 0 Å². The number of guanidine groups is 1. The average molecular weight is 325 g/mol. The van der Waals surface area contributed by atoms with E-state index in [1.807, 2.05) is 7.05 Å². The first-order valence-corrected chi connectivity index (χ1v) is 9.32. The second kappa shape index (κ2) is 10.1. The van der Waals surface area contributed by atoms with Gasteiger partial charge in [0.15, 0.2) is 5.96 Å². The van der Waals surface area contributed by atoms with Crippen molar-refractivity contribution in [3.63, 3.8) is 0 Å². The molecule has 0 aromatic heterocycles. The molecule has 0 atom stereocenters. The third kappa shape index (κ3) is 5.96. The number of rotatable bonds is 8. The van der Waals surface area contributed by atoms with Crippen molar-refractivity contribution in [2.45, 2.75) is 51.4 Å². The fraction of sp³-hybridized carbons (Fsp3) is 0.944. The molecule has 5 heteroatoms. The fourth-order valence-corrected chi connectivity index (χ4v) is 3.93. The summed E-state index contributed by atoms with van der Waals surface area (Å²) in [5.74, 6) is 1.09. The number of hydrogen-bond acceptors (Lipinski definition) is 3. The largest absolute Gasteiger partial charge is 0.382 e. The smallest absolute Gasteiger partial charge is 0.193 e. The summed E-state index contributed by atoms with van der Waals surface area (Å²) in [4.78, 5) is 6.96. The lowest BCUT2D eigenvalue weighted by Crippen LogP contribution is -2.42. The van der Waals surface area contributed by atoms with Gasteiger partial charge in [-0.3, -0.25) is 4.99 Å². The van der Waals surface area contributed by atoms with E-state index in [1.165, 1.54) is 51.6 Å². The highest BCUT2D eigenvalue weighted by atomic mass is 16.5. The highest BCUT2D eigenvalue weighted by molar-refractivity contribution is 5.80. The van der Waals surface area contributed by atoms with Crippen LogP contribution in [0.4, 0.5) is 0 Å². The molecule has 1 saturated heterocycles. The Balaban J connectivity index is 1.60. The van der Waals surface area contributed by atoms with E-state index in [0.717, 1.165) is 32.0 Å². The Morgan fingerprint density at radius 1 is 1.09 bits per heavy atom. The molecule has 1 aliphatic heterocycles. The maximum Gasteiger partial charge on any atom is 0.193 e. The second-order valence-electron chi connectivity index (χ2n) is 7.02. The van der Waals surface area contributed by atoms with Gasteiger partial charge in [-0.15, -0.1) is 0 Å². The van der Waals surface area contributed by atoms with Crippen molar-refractivity contribution in [3.8, 4) is 0 Å².